The van der Waals surface area contributed by atoms with Crippen LogP contribution in [0.25, 0.3) is 0 Å². The first kappa shape index (κ1) is 11.0. The maximum Gasteiger partial charge on any atom is 0.347 e. The van der Waals surface area contributed by atoms with Gasteiger partial charge in [0.25, 0.3) is 0 Å². The van der Waals surface area contributed by atoms with E-state index in [1.54, 1.807) is 12.1 Å². The summed E-state index contributed by atoms with van der Waals surface area (Å²) in [6.45, 7) is 0. The van der Waals surface area contributed by atoms with Crippen molar-refractivity contribution < 1.29 is 14.4 Å². The Morgan fingerprint density at radius 2 is 1.85 bits per heavy atom. The summed E-state index contributed by atoms with van der Waals surface area (Å²) in [4.78, 5) is 17.6. The molecule has 72 valence electrons. The van der Waals surface area contributed by atoms with Crippen LogP contribution >= 0.6 is 30.8 Å². The van der Waals surface area contributed by atoms with E-state index < -0.39 is 12.7 Å². The van der Waals surface area contributed by atoms with Gasteiger partial charge in [0.05, 0.1) is 0 Å². The number of hydrogen-bond acceptors (Lipinski definition) is 1. The van der Waals surface area contributed by atoms with Gasteiger partial charge < -0.3 is 9.79 Å². The Kier molecular flexibility index (Phi) is 3.38. The topological polar surface area (TPSA) is 57.5 Å². The molecular formula is C7H7Cl2O3P. The quantitative estimate of drug-likeness (QED) is 0.618. The van der Waals surface area contributed by atoms with Gasteiger partial charge in [-0.15, -0.1) is 11.6 Å². The number of hydrogen-bond donors (Lipinski definition) is 2. The summed E-state index contributed by atoms with van der Waals surface area (Å²) in [5.74, 6) is 0. The Morgan fingerprint density at radius 3 is 2.31 bits per heavy atom. The largest absolute Gasteiger partial charge is 0.347 e. The van der Waals surface area contributed by atoms with Crippen LogP contribution in [0.5, 0.6) is 0 Å². The molecule has 0 aromatic heterocycles. The first-order valence-corrected chi connectivity index (χ1v) is 5.86. The Hall–Kier alpha value is -0.0500. The molecule has 1 rings (SSSR count). The number of halogens is 2. The maximum absolute atomic E-state index is 10.8. The lowest BCUT2D eigenvalue weighted by atomic mass is 10.2. The molecule has 1 aromatic carbocycles. The van der Waals surface area contributed by atoms with Crippen molar-refractivity contribution in [2.24, 2.45) is 0 Å². The van der Waals surface area contributed by atoms with E-state index in [1.807, 2.05) is 0 Å². The van der Waals surface area contributed by atoms with E-state index in [4.69, 9.17) is 33.0 Å². The molecule has 0 aliphatic carbocycles. The average Bonchev–Trinajstić information content (AvgIpc) is 2.02. The normalized spacial score (nSPS) is 14.2. The molecular weight excluding hydrogens is 234 g/mol. The smallest absolute Gasteiger partial charge is 0.323 e. The van der Waals surface area contributed by atoms with E-state index in [-0.39, 0.29) is 10.6 Å². The summed E-state index contributed by atoms with van der Waals surface area (Å²) in [5.41, 5.74) is 0.249. The molecule has 3 nitrogen and oxygen atoms in total. The fourth-order valence-corrected chi connectivity index (χ4v) is 2.00. The highest BCUT2D eigenvalue weighted by molar-refractivity contribution is 7.54. The highest BCUT2D eigenvalue weighted by atomic mass is 35.5. The Labute approximate surface area is 85.5 Å². The lowest BCUT2D eigenvalue weighted by Gasteiger charge is -2.12. The van der Waals surface area contributed by atoms with Gasteiger partial charge in [-0.25, -0.2) is 0 Å². The molecule has 0 amide bonds. The zero-order chi connectivity index (χ0) is 10.1. The third-order valence-corrected chi connectivity index (χ3v) is 3.67. The summed E-state index contributed by atoms with van der Waals surface area (Å²) >= 11 is 11.2. The number of rotatable bonds is 2. The molecule has 0 saturated carbocycles. The minimum absolute atomic E-state index is 0.249. The Balaban J connectivity index is 3.09. The molecule has 1 unspecified atom stereocenters. The molecule has 0 bridgehead atoms. The second-order valence-electron chi connectivity index (χ2n) is 2.45. The molecule has 13 heavy (non-hydrogen) atoms. The fourth-order valence-electron chi connectivity index (χ4n) is 0.849. The van der Waals surface area contributed by atoms with Crippen LogP contribution in [0.15, 0.2) is 24.3 Å². The van der Waals surface area contributed by atoms with Gasteiger partial charge in [0.2, 0.25) is 0 Å². The standard InChI is InChI=1S/C7H7Cl2O3P/c8-6-4-2-1-3-5(6)7(9)13(10,11)12/h1-4,7H,(H2,10,11,12). The summed E-state index contributed by atoms with van der Waals surface area (Å²) < 4.78 is 10.8. The zero-order valence-electron chi connectivity index (χ0n) is 6.39. The lowest BCUT2D eigenvalue weighted by molar-refractivity contribution is 0.370. The van der Waals surface area contributed by atoms with Crippen LogP contribution in [0.3, 0.4) is 0 Å². The van der Waals surface area contributed by atoms with Crippen molar-refractivity contribution in [2.45, 2.75) is 5.12 Å². The van der Waals surface area contributed by atoms with Crippen molar-refractivity contribution in [3.8, 4) is 0 Å². The van der Waals surface area contributed by atoms with Gasteiger partial charge in [-0.2, -0.15) is 0 Å². The molecule has 0 aliphatic rings. The van der Waals surface area contributed by atoms with Crippen LogP contribution in [0.4, 0.5) is 0 Å². The summed E-state index contributed by atoms with van der Waals surface area (Å²) in [7, 11) is -4.32. The second kappa shape index (κ2) is 3.99. The zero-order valence-corrected chi connectivity index (χ0v) is 8.80. The first-order chi connectivity index (χ1) is 5.93. The van der Waals surface area contributed by atoms with Crippen molar-refractivity contribution >= 4 is 30.8 Å². The van der Waals surface area contributed by atoms with E-state index in [0.29, 0.717) is 0 Å². The summed E-state index contributed by atoms with van der Waals surface area (Å²) in [5, 5.41) is -1.12. The third kappa shape index (κ3) is 2.70. The van der Waals surface area contributed by atoms with Crippen molar-refractivity contribution in [2.75, 3.05) is 0 Å². The second-order valence-corrected chi connectivity index (χ2v) is 5.29. The highest BCUT2D eigenvalue weighted by Gasteiger charge is 2.29. The van der Waals surface area contributed by atoms with E-state index >= 15 is 0 Å². The summed E-state index contributed by atoms with van der Waals surface area (Å²) in [6.07, 6.45) is 0. The molecule has 1 aromatic rings. The monoisotopic (exact) mass is 240 g/mol. The number of benzene rings is 1. The van der Waals surface area contributed by atoms with Crippen LogP contribution in [-0.2, 0) is 4.57 Å². The molecule has 0 radical (unpaired) electrons. The van der Waals surface area contributed by atoms with Gasteiger partial charge in [-0.1, -0.05) is 29.8 Å². The van der Waals surface area contributed by atoms with Gasteiger partial charge in [0.15, 0.2) is 5.12 Å². The molecule has 2 N–H and O–H groups in total. The van der Waals surface area contributed by atoms with Crippen LogP contribution in [0.1, 0.15) is 10.7 Å². The van der Waals surface area contributed by atoms with Gasteiger partial charge in [-0.3, -0.25) is 4.57 Å². The molecule has 0 fully saturated rings. The average molecular weight is 241 g/mol. The summed E-state index contributed by atoms with van der Waals surface area (Å²) in [6, 6.07) is 6.29. The van der Waals surface area contributed by atoms with Gasteiger partial charge in [0, 0.05) is 10.6 Å². The van der Waals surface area contributed by atoms with E-state index in [9.17, 15) is 4.57 Å². The van der Waals surface area contributed by atoms with Crippen LogP contribution in [0, 0.1) is 0 Å². The van der Waals surface area contributed by atoms with Crippen molar-refractivity contribution in [3.05, 3.63) is 34.9 Å². The van der Waals surface area contributed by atoms with Crippen molar-refractivity contribution in [3.63, 3.8) is 0 Å². The van der Waals surface area contributed by atoms with Crippen LogP contribution < -0.4 is 0 Å². The van der Waals surface area contributed by atoms with E-state index in [0.717, 1.165) is 0 Å². The van der Waals surface area contributed by atoms with Gasteiger partial charge in [-0.05, 0) is 6.07 Å². The molecule has 1 atom stereocenters. The lowest BCUT2D eigenvalue weighted by Crippen LogP contribution is -1.92. The minimum atomic E-state index is -4.32. The molecule has 0 spiro atoms. The van der Waals surface area contributed by atoms with Crippen molar-refractivity contribution in [1.29, 1.82) is 0 Å². The predicted molar refractivity (Wildman–Crippen MR) is 52.1 cm³/mol. The SMILES string of the molecule is O=P(O)(O)C(Cl)c1ccccc1Cl. The number of alkyl halides is 1. The fraction of sp³-hybridized carbons (Fsp3) is 0.143. The predicted octanol–water partition coefficient (Wildman–Crippen LogP) is 2.76. The molecule has 0 aliphatic heterocycles. The van der Waals surface area contributed by atoms with Crippen LogP contribution in [0.2, 0.25) is 5.02 Å². The molecule has 6 heteroatoms. The maximum atomic E-state index is 10.8. The van der Waals surface area contributed by atoms with E-state index in [2.05, 4.69) is 0 Å². The first-order valence-electron chi connectivity index (χ1n) is 3.36. The van der Waals surface area contributed by atoms with Gasteiger partial charge >= 0.3 is 7.60 Å². The molecule has 0 heterocycles. The third-order valence-electron chi connectivity index (χ3n) is 1.46. The van der Waals surface area contributed by atoms with Gasteiger partial charge in [0.1, 0.15) is 0 Å². The van der Waals surface area contributed by atoms with E-state index in [1.165, 1.54) is 12.1 Å². The van der Waals surface area contributed by atoms with Crippen molar-refractivity contribution in [1.82, 2.24) is 0 Å². The Bertz CT molecular complexity index is 349. The highest BCUT2D eigenvalue weighted by Crippen LogP contribution is 2.55. The Morgan fingerprint density at radius 1 is 1.31 bits per heavy atom. The molecule has 0 saturated heterocycles. The minimum Gasteiger partial charge on any atom is -0.323 e. The van der Waals surface area contributed by atoms with Crippen LogP contribution in [-0.4, -0.2) is 9.79 Å².